The molecule has 163 valence electrons. The third-order valence-electron chi connectivity index (χ3n) is 5.09. The van der Waals surface area contributed by atoms with Crippen LogP contribution < -0.4 is 10.1 Å². The summed E-state index contributed by atoms with van der Waals surface area (Å²) in [4.78, 5) is 13.3. The predicted molar refractivity (Wildman–Crippen MR) is 129 cm³/mol. The summed E-state index contributed by atoms with van der Waals surface area (Å²) in [6, 6.07) is 18.0. The van der Waals surface area contributed by atoms with Gasteiger partial charge in [-0.1, -0.05) is 47.5 Å². The molecule has 0 aliphatic carbocycles. The van der Waals surface area contributed by atoms with E-state index in [1.54, 1.807) is 37.8 Å². The summed E-state index contributed by atoms with van der Waals surface area (Å²) in [5.41, 5.74) is 3.12. The number of methoxy groups -OCH3 is 1. The van der Waals surface area contributed by atoms with Crippen molar-refractivity contribution in [1.29, 1.82) is 0 Å². The lowest BCUT2D eigenvalue weighted by Gasteiger charge is -2.10. The van der Waals surface area contributed by atoms with Crippen molar-refractivity contribution in [3.8, 4) is 17.3 Å². The van der Waals surface area contributed by atoms with Gasteiger partial charge in [0.15, 0.2) is 17.4 Å². The van der Waals surface area contributed by atoms with Gasteiger partial charge >= 0.3 is 0 Å². The van der Waals surface area contributed by atoms with Gasteiger partial charge in [-0.15, -0.1) is 0 Å². The summed E-state index contributed by atoms with van der Waals surface area (Å²) in [5, 5.41) is 10.0. The van der Waals surface area contributed by atoms with E-state index in [0.29, 0.717) is 39.7 Å². The molecule has 1 radical (unpaired) electrons. The van der Waals surface area contributed by atoms with Crippen LogP contribution in [0.3, 0.4) is 0 Å². The Hall–Kier alpha value is -3.68. The summed E-state index contributed by atoms with van der Waals surface area (Å²) < 4.78 is 7.29. The zero-order valence-corrected chi connectivity index (χ0v) is 19.0. The van der Waals surface area contributed by atoms with Crippen LogP contribution in [0.2, 0.25) is 10.0 Å². The molecular formula is C24H17Cl2N6O. The van der Waals surface area contributed by atoms with E-state index < -0.39 is 0 Å². The van der Waals surface area contributed by atoms with Crippen molar-refractivity contribution < 1.29 is 4.74 Å². The van der Waals surface area contributed by atoms with Gasteiger partial charge in [-0.3, -0.25) is 9.67 Å². The van der Waals surface area contributed by atoms with Crippen LogP contribution in [0.15, 0.2) is 67.1 Å². The Balaban J connectivity index is 1.60. The number of nitrogens with zero attached hydrogens (tertiary/aromatic N) is 5. The van der Waals surface area contributed by atoms with Crippen LogP contribution in [-0.4, -0.2) is 31.8 Å². The Labute approximate surface area is 200 Å². The highest BCUT2D eigenvalue weighted by Crippen LogP contribution is 2.32. The van der Waals surface area contributed by atoms with Crippen LogP contribution >= 0.6 is 23.2 Å². The fraction of sp³-hybridized carbons (Fsp3) is 0.0833. The van der Waals surface area contributed by atoms with Crippen LogP contribution in [-0.2, 0) is 6.54 Å². The minimum atomic E-state index is 0.383. The first-order chi connectivity index (χ1) is 16.1. The van der Waals surface area contributed by atoms with Gasteiger partial charge < -0.3 is 10.1 Å². The molecule has 0 saturated heterocycles. The number of aromatic nitrogens is 5. The highest BCUT2D eigenvalue weighted by molar-refractivity contribution is 6.35. The average Bonchev–Trinajstić information content (AvgIpc) is 3.21. The third kappa shape index (κ3) is 4.20. The van der Waals surface area contributed by atoms with Gasteiger partial charge in [-0.2, -0.15) is 5.10 Å². The van der Waals surface area contributed by atoms with Gasteiger partial charge in [0.25, 0.3) is 0 Å². The predicted octanol–water partition coefficient (Wildman–Crippen LogP) is 5.80. The molecule has 0 amide bonds. The highest BCUT2D eigenvalue weighted by Gasteiger charge is 2.18. The standard InChI is InChI=1S/C24H17Cl2N6O/c1-33-21-13-28-24(30-23(21)29-15-9-11-27-12-10-15)22-16-5-2-3-8-20(16)32(31-22)14-17-18(25)6-4-7-19(17)26/h2-6,8-13H,14H2,1H3,(H,27,28,29,30). The average molecular weight is 476 g/mol. The van der Waals surface area contributed by atoms with E-state index in [4.69, 9.17) is 38.0 Å². The smallest absolute Gasteiger partial charge is 0.183 e. The molecule has 0 bridgehead atoms. The molecule has 0 fully saturated rings. The summed E-state index contributed by atoms with van der Waals surface area (Å²) in [7, 11) is 1.57. The maximum absolute atomic E-state index is 6.39. The molecule has 0 saturated carbocycles. The van der Waals surface area contributed by atoms with Gasteiger partial charge in [0.1, 0.15) is 5.69 Å². The number of fused-ring (bicyclic) bond motifs is 1. The number of hydrogen-bond acceptors (Lipinski definition) is 6. The Kier molecular flexibility index (Phi) is 5.81. The minimum Gasteiger partial charge on any atom is -0.491 e. The summed E-state index contributed by atoms with van der Waals surface area (Å²) in [5.74, 6) is 1.49. The number of benzene rings is 2. The third-order valence-corrected chi connectivity index (χ3v) is 5.78. The van der Waals surface area contributed by atoms with Gasteiger partial charge in [0.2, 0.25) is 0 Å². The topological polar surface area (TPSA) is 77.8 Å². The van der Waals surface area contributed by atoms with Crippen molar-refractivity contribution in [2.24, 2.45) is 0 Å². The number of pyridine rings is 1. The maximum atomic E-state index is 6.39. The number of rotatable bonds is 6. The van der Waals surface area contributed by atoms with Gasteiger partial charge in [0, 0.05) is 40.1 Å². The molecule has 33 heavy (non-hydrogen) atoms. The molecular weight excluding hydrogens is 459 g/mol. The van der Waals surface area contributed by atoms with Crippen molar-refractivity contribution >= 4 is 45.6 Å². The number of para-hydroxylation sites is 1. The lowest BCUT2D eigenvalue weighted by Crippen LogP contribution is -2.04. The molecule has 1 N–H and O–H groups in total. The zero-order valence-electron chi connectivity index (χ0n) is 17.5. The molecule has 9 heteroatoms. The quantitative estimate of drug-likeness (QED) is 0.334. The van der Waals surface area contributed by atoms with Crippen molar-refractivity contribution in [2.45, 2.75) is 6.54 Å². The molecule has 0 unspecified atom stereocenters. The van der Waals surface area contributed by atoms with Crippen LogP contribution in [0.5, 0.6) is 5.75 Å². The van der Waals surface area contributed by atoms with Crippen molar-refractivity contribution in [2.75, 3.05) is 12.4 Å². The highest BCUT2D eigenvalue weighted by atomic mass is 35.5. The van der Waals surface area contributed by atoms with E-state index >= 15 is 0 Å². The Bertz CT molecular complexity index is 1420. The molecule has 7 nitrogen and oxygen atoms in total. The van der Waals surface area contributed by atoms with Crippen molar-refractivity contribution in [3.63, 3.8) is 0 Å². The second-order valence-electron chi connectivity index (χ2n) is 7.11. The summed E-state index contributed by atoms with van der Waals surface area (Å²) >= 11 is 12.7. The van der Waals surface area contributed by atoms with Crippen molar-refractivity contribution in [3.05, 3.63) is 88.8 Å². The van der Waals surface area contributed by atoms with Crippen LogP contribution in [0.1, 0.15) is 5.56 Å². The van der Waals surface area contributed by atoms with Crippen LogP contribution in [0.4, 0.5) is 11.5 Å². The van der Waals surface area contributed by atoms with E-state index in [9.17, 15) is 0 Å². The molecule has 0 atom stereocenters. The Morgan fingerprint density at radius 2 is 1.91 bits per heavy atom. The fourth-order valence-electron chi connectivity index (χ4n) is 3.48. The monoisotopic (exact) mass is 475 g/mol. The number of hydrogen-bond donors (Lipinski definition) is 1. The molecule has 5 rings (SSSR count). The number of anilines is 2. The van der Waals surface area contributed by atoms with Gasteiger partial charge in [0.05, 0.1) is 30.4 Å². The summed E-state index contributed by atoms with van der Waals surface area (Å²) in [6.45, 7) is 0.383. The molecule has 0 spiro atoms. The Morgan fingerprint density at radius 1 is 1.09 bits per heavy atom. The first kappa shape index (κ1) is 21.2. The first-order valence-corrected chi connectivity index (χ1v) is 10.8. The van der Waals surface area contributed by atoms with E-state index in [1.807, 2.05) is 41.1 Å². The lowest BCUT2D eigenvalue weighted by atomic mass is 10.2. The molecule has 0 aliphatic heterocycles. The number of nitrogens with one attached hydrogen (secondary N) is 1. The fourth-order valence-corrected chi connectivity index (χ4v) is 3.97. The SMILES string of the molecule is COc1cnc(-c2nn(Cc3c(Cl)[c]ccc3Cl)c3ccccc23)nc1Nc1ccncc1. The van der Waals surface area contributed by atoms with E-state index in [2.05, 4.69) is 21.4 Å². The zero-order chi connectivity index (χ0) is 22.8. The second-order valence-corrected chi connectivity index (χ2v) is 7.90. The van der Waals surface area contributed by atoms with Gasteiger partial charge in [-0.05, 0) is 24.3 Å². The van der Waals surface area contributed by atoms with Crippen molar-refractivity contribution in [1.82, 2.24) is 24.7 Å². The van der Waals surface area contributed by atoms with Gasteiger partial charge in [-0.25, -0.2) is 9.97 Å². The lowest BCUT2D eigenvalue weighted by molar-refractivity contribution is 0.413. The Morgan fingerprint density at radius 3 is 2.70 bits per heavy atom. The van der Waals surface area contributed by atoms with Crippen LogP contribution in [0.25, 0.3) is 22.4 Å². The molecule has 2 aromatic carbocycles. The first-order valence-electron chi connectivity index (χ1n) is 10.0. The normalized spacial score (nSPS) is 11.0. The maximum Gasteiger partial charge on any atom is 0.183 e. The molecule has 3 heterocycles. The number of ether oxygens (including phenoxy) is 1. The molecule has 0 aliphatic rings. The second kappa shape index (κ2) is 9.05. The van der Waals surface area contributed by atoms with E-state index in [1.165, 1.54) is 0 Å². The van der Waals surface area contributed by atoms with Crippen LogP contribution in [0, 0.1) is 6.07 Å². The molecule has 5 aromatic rings. The molecule has 3 aromatic heterocycles. The summed E-state index contributed by atoms with van der Waals surface area (Å²) in [6.07, 6.45) is 5.02. The van der Waals surface area contributed by atoms with E-state index in [0.717, 1.165) is 22.2 Å². The van der Waals surface area contributed by atoms with E-state index in [-0.39, 0.29) is 0 Å². The largest absolute Gasteiger partial charge is 0.491 e. The minimum absolute atomic E-state index is 0.383. The number of halogens is 2.